The van der Waals surface area contributed by atoms with Crippen LogP contribution in [0.1, 0.15) is 30.6 Å². The Bertz CT molecular complexity index is 355. The number of hydrogen-bond donors (Lipinski definition) is 2. The number of ether oxygens (including phenoxy) is 1. The van der Waals surface area contributed by atoms with Crippen LogP contribution in [0.3, 0.4) is 0 Å². The summed E-state index contributed by atoms with van der Waals surface area (Å²) in [4.78, 5) is 11.6. The first kappa shape index (κ1) is 16.7. The molecule has 3 N–H and O–H groups in total. The molecule has 0 radical (unpaired) electrons. The quantitative estimate of drug-likeness (QED) is 0.832. The minimum atomic E-state index is -0.106. The smallest absolute Gasteiger partial charge is 0.251 e. The van der Waals surface area contributed by atoms with E-state index in [-0.39, 0.29) is 24.4 Å². The van der Waals surface area contributed by atoms with Crippen molar-refractivity contribution in [3.8, 4) is 5.75 Å². The summed E-state index contributed by atoms with van der Waals surface area (Å²) in [6.07, 6.45) is 1.14. The molecular formula is C13H21ClN2O2. The van der Waals surface area contributed by atoms with Crippen LogP contribution in [-0.4, -0.2) is 25.1 Å². The normalized spacial score (nSPS) is 11.3. The molecule has 0 aliphatic heterocycles. The molecule has 1 rings (SSSR count). The molecule has 4 nitrogen and oxygen atoms in total. The highest BCUT2D eigenvalue weighted by Crippen LogP contribution is 2.14. The summed E-state index contributed by atoms with van der Waals surface area (Å²) in [5, 5.41) is 2.72. The van der Waals surface area contributed by atoms with Crippen LogP contribution in [0.4, 0.5) is 0 Å². The van der Waals surface area contributed by atoms with Crippen molar-refractivity contribution in [3.05, 3.63) is 29.8 Å². The second-order valence-electron chi connectivity index (χ2n) is 3.91. The largest absolute Gasteiger partial charge is 0.491 e. The number of carbonyl (C=O) groups is 1. The third kappa shape index (κ3) is 5.38. The van der Waals surface area contributed by atoms with Gasteiger partial charge in [0.15, 0.2) is 0 Å². The molecular weight excluding hydrogens is 252 g/mol. The van der Waals surface area contributed by atoms with E-state index >= 15 is 0 Å². The van der Waals surface area contributed by atoms with E-state index in [1.165, 1.54) is 0 Å². The average Bonchev–Trinajstić information content (AvgIpc) is 2.36. The van der Waals surface area contributed by atoms with Gasteiger partial charge in [-0.25, -0.2) is 0 Å². The number of amides is 1. The zero-order valence-electron chi connectivity index (χ0n) is 10.8. The van der Waals surface area contributed by atoms with Gasteiger partial charge in [0.1, 0.15) is 5.75 Å². The fraction of sp³-hybridized carbons (Fsp3) is 0.462. The molecule has 0 heterocycles. The Balaban J connectivity index is 0.00000289. The summed E-state index contributed by atoms with van der Waals surface area (Å²) in [6, 6.07) is 7.13. The van der Waals surface area contributed by atoms with Gasteiger partial charge < -0.3 is 15.8 Å². The number of halogens is 1. The van der Waals surface area contributed by atoms with Gasteiger partial charge in [-0.2, -0.15) is 0 Å². The summed E-state index contributed by atoms with van der Waals surface area (Å²) in [5.41, 5.74) is 5.93. The highest BCUT2D eigenvalue weighted by molar-refractivity contribution is 5.94. The minimum absolute atomic E-state index is 0. The van der Waals surface area contributed by atoms with E-state index in [0.717, 1.165) is 12.2 Å². The molecule has 0 saturated carbocycles. The standard InChI is InChI=1S/C13H20N2O2.ClH/c1-3-10(2)17-12-6-4-11(5-7-12)13(16)15-9-8-14;/h4-7,10H,3,8-9,14H2,1-2H3,(H,15,16);1H. The maximum absolute atomic E-state index is 11.6. The first-order valence-corrected chi connectivity index (χ1v) is 5.92. The van der Waals surface area contributed by atoms with Gasteiger partial charge in [-0.1, -0.05) is 6.92 Å². The number of benzene rings is 1. The molecule has 1 aromatic carbocycles. The fourth-order valence-electron chi connectivity index (χ4n) is 1.29. The van der Waals surface area contributed by atoms with Gasteiger partial charge in [0.05, 0.1) is 6.10 Å². The van der Waals surface area contributed by atoms with Gasteiger partial charge in [0.25, 0.3) is 5.91 Å². The summed E-state index contributed by atoms with van der Waals surface area (Å²) >= 11 is 0. The van der Waals surface area contributed by atoms with Crippen molar-refractivity contribution in [2.75, 3.05) is 13.1 Å². The van der Waals surface area contributed by atoms with E-state index in [1.54, 1.807) is 12.1 Å². The average molecular weight is 273 g/mol. The molecule has 0 fully saturated rings. The Morgan fingerprint density at radius 2 is 2.00 bits per heavy atom. The fourth-order valence-corrected chi connectivity index (χ4v) is 1.29. The summed E-state index contributed by atoms with van der Waals surface area (Å²) in [5.74, 6) is 0.681. The predicted molar refractivity (Wildman–Crippen MR) is 75.5 cm³/mol. The van der Waals surface area contributed by atoms with E-state index < -0.39 is 0 Å². The number of nitrogens with two attached hydrogens (primary N) is 1. The monoisotopic (exact) mass is 272 g/mol. The lowest BCUT2D eigenvalue weighted by Gasteiger charge is -2.12. The van der Waals surface area contributed by atoms with Crippen LogP contribution in [0.15, 0.2) is 24.3 Å². The van der Waals surface area contributed by atoms with E-state index in [0.29, 0.717) is 18.7 Å². The van der Waals surface area contributed by atoms with Crippen LogP contribution < -0.4 is 15.8 Å². The zero-order chi connectivity index (χ0) is 12.7. The molecule has 102 valence electrons. The van der Waals surface area contributed by atoms with Crippen molar-refractivity contribution in [1.82, 2.24) is 5.32 Å². The molecule has 1 unspecified atom stereocenters. The number of carbonyl (C=O) groups excluding carboxylic acids is 1. The molecule has 1 aromatic rings. The SMILES string of the molecule is CCC(C)Oc1ccc(C(=O)NCCN)cc1.Cl. The molecule has 1 amide bonds. The van der Waals surface area contributed by atoms with Gasteiger partial charge in [0, 0.05) is 18.7 Å². The molecule has 1 atom stereocenters. The van der Waals surface area contributed by atoms with Crippen LogP contribution in [0.2, 0.25) is 0 Å². The van der Waals surface area contributed by atoms with E-state index in [2.05, 4.69) is 12.2 Å². The second kappa shape index (κ2) is 8.78. The molecule has 0 spiro atoms. The molecule has 0 bridgehead atoms. The van der Waals surface area contributed by atoms with Gasteiger partial charge in [-0.15, -0.1) is 12.4 Å². The second-order valence-corrected chi connectivity index (χ2v) is 3.91. The summed E-state index contributed by atoms with van der Waals surface area (Å²) < 4.78 is 5.63. The van der Waals surface area contributed by atoms with Crippen molar-refractivity contribution >= 4 is 18.3 Å². The zero-order valence-corrected chi connectivity index (χ0v) is 11.6. The lowest BCUT2D eigenvalue weighted by atomic mass is 10.2. The molecule has 0 aliphatic rings. The van der Waals surface area contributed by atoms with Gasteiger partial charge in [-0.3, -0.25) is 4.79 Å². The van der Waals surface area contributed by atoms with E-state index in [9.17, 15) is 4.79 Å². The third-order valence-electron chi connectivity index (χ3n) is 2.46. The number of hydrogen-bond acceptors (Lipinski definition) is 3. The highest BCUT2D eigenvalue weighted by Gasteiger charge is 2.05. The van der Waals surface area contributed by atoms with Crippen LogP contribution in [-0.2, 0) is 0 Å². The summed E-state index contributed by atoms with van der Waals surface area (Å²) in [7, 11) is 0. The van der Waals surface area contributed by atoms with Crippen LogP contribution in [0.25, 0.3) is 0 Å². The lowest BCUT2D eigenvalue weighted by Crippen LogP contribution is -2.28. The van der Waals surface area contributed by atoms with Crippen molar-refractivity contribution in [1.29, 1.82) is 0 Å². The highest BCUT2D eigenvalue weighted by atomic mass is 35.5. The minimum Gasteiger partial charge on any atom is -0.491 e. The predicted octanol–water partition coefficient (Wildman–Crippen LogP) is 1.97. The molecule has 18 heavy (non-hydrogen) atoms. The van der Waals surface area contributed by atoms with Crippen molar-refractivity contribution in [3.63, 3.8) is 0 Å². The molecule has 0 aliphatic carbocycles. The van der Waals surface area contributed by atoms with Crippen LogP contribution in [0, 0.1) is 0 Å². The van der Waals surface area contributed by atoms with Gasteiger partial charge in [-0.05, 0) is 37.6 Å². The molecule has 0 aromatic heterocycles. The Morgan fingerprint density at radius 1 is 1.39 bits per heavy atom. The van der Waals surface area contributed by atoms with Gasteiger partial charge in [0.2, 0.25) is 0 Å². The van der Waals surface area contributed by atoms with Crippen molar-refractivity contribution in [2.24, 2.45) is 5.73 Å². The van der Waals surface area contributed by atoms with E-state index in [4.69, 9.17) is 10.5 Å². The Kier molecular flexibility index (Phi) is 8.16. The van der Waals surface area contributed by atoms with Crippen LogP contribution >= 0.6 is 12.4 Å². The lowest BCUT2D eigenvalue weighted by molar-refractivity contribution is 0.0954. The molecule has 5 heteroatoms. The molecule has 0 saturated heterocycles. The third-order valence-corrected chi connectivity index (χ3v) is 2.46. The van der Waals surface area contributed by atoms with Crippen molar-refractivity contribution < 1.29 is 9.53 Å². The first-order chi connectivity index (χ1) is 8.17. The number of nitrogens with one attached hydrogen (secondary N) is 1. The Morgan fingerprint density at radius 3 is 2.50 bits per heavy atom. The Labute approximate surface area is 114 Å². The first-order valence-electron chi connectivity index (χ1n) is 5.92. The summed E-state index contributed by atoms with van der Waals surface area (Å²) in [6.45, 7) is 5.02. The maximum Gasteiger partial charge on any atom is 0.251 e. The van der Waals surface area contributed by atoms with Crippen molar-refractivity contribution in [2.45, 2.75) is 26.4 Å². The van der Waals surface area contributed by atoms with Crippen LogP contribution in [0.5, 0.6) is 5.75 Å². The number of rotatable bonds is 6. The van der Waals surface area contributed by atoms with Gasteiger partial charge >= 0.3 is 0 Å². The maximum atomic E-state index is 11.6. The Hall–Kier alpha value is -1.26. The topological polar surface area (TPSA) is 64.3 Å². The van der Waals surface area contributed by atoms with E-state index in [1.807, 2.05) is 19.1 Å².